The largest absolute Gasteiger partial charge is 0.367 e. The van der Waals surface area contributed by atoms with Crippen molar-refractivity contribution in [2.24, 2.45) is 0 Å². The van der Waals surface area contributed by atoms with Crippen molar-refractivity contribution in [3.63, 3.8) is 0 Å². The summed E-state index contributed by atoms with van der Waals surface area (Å²) in [6.07, 6.45) is 0.186. The number of nitrogens with zero attached hydrogens (tertiary/aromatic N) is 4. The van der Waals surface area contributed by atoms with Gasteiger partial charge in [0.05, 0.1) is 10.7 Å². The highest BCUT2D eigenvalue weighted by Crippen LogP contribution is 2.24. The molecule has 2 aromatic heterocycles. The van der Waals surface area contributed by atoms with E-state index in [-0.39, 0.29) is 23.7 Å². The predicted octanol–water partition coefficient (Wildman–Crippen LogP) is 1.61. The van der Waals surface area contributed by atoms with E-state index in [4.69, 9.17) is 0 Å². The van der Waals surface area contributed by atoms with Crippen LogP contribution in [0.15, 0.2) is 23.6 Å². The third kappa shape index (κ3) is 5.45. The fourth-order valence-electron chi connectivity index (χ4n) is 3.32. The number of Topliss-reactive ketones (excluding diaryl/α,β-unsaturated/α-hetero) is 1. The Kier molecular flexibility index (Phi) is 7.33. The molecule has 0 bridgehead atoms. The molecule has 0 radical (unpaired) electrons. The number of piperazine rings is 1. The summed E-state index contributed by atoms with van der Waals surface area (Å²) >= 11 is 1.40. The molecule has 0 atom stereocenters. The number of ketones is 1. The van der Waals surface area contributed by atoms with E-state index in [9.17, 15) is 19.6 Å². The van der Waals surface area contributed by atoms with Crippen LogP contribution < -0.4 is 15.5 Å². The first-order valence-electron chi connectivity index (χ1n) is 9.97. The number of thiophene rings is 1. The first-order valence-corrected chi connectivity index (χ1v) is 10.8. The summed E-state index contributed by atoms with van der Waals surface area (Å²) in [6, 6.07) is 7.39. The summed E-state index contributed by atoms with van der Waals surface area (Å²) in [5, 5.41) is 17.3. The molecule has 1 aliphatic rings. The molecule has 0 unspecified atom stereocenters. The van der Waals surface area contributed by atoms with Crippen LogP contribution in [0.2, 0.25) is 0 Å². The van der Waals surface area contributed by atoms with Gasteiger partial charge in [-0.15, -0.1) is 11.3 Å². The average molecular weight is 441 g/mol. The van der Waals surface area contributed by atoms with Crippen LogP contribution >= 0.6 is 11.3 Å². The van der Waals surface area contributed by atoms with E-state index in [1.807, 2.05) is 11.4 Å². The van der Waals surface area contributed by atoms with Crippen molar-refractivity contribution < 1.29 is 14.4 Å². The number of aromatic nitrogens is 1. The maximum absolute atomic E-state index is 11.8. The molecule has 162 valence electrons. The summed E-state index contributed by atoms with van der Waals surface area (Å²) < 4.78 is 0. The van der Waals surface area contributed by atoms with E-state index in [0.717, 1.165) is 44.0 Å². The van der Waals surface area contributed by atoms with E-state index in [2.05, 4.69) is 31.5 Å². The maximum Gasteiger partial charge on any atom is 0.292 e. The molecule has 2 aromatic rings. The van der Waals surface area contributed by atoms with E-state index in [1.165, 1.54) is 18.4 Å². The van der Waals surface area contributed by atoms with Gasteiger partial charge >= 0.3 is 0 Å². The second kappa shape index (κ2) is 10.1. The Morgan fingerprint density at radius 2 is 1.97 bits per heavy atom. The lowest BCUT2D eigenvalue weighted by atomic mass is 10.2. The summed E-state index contributed by atoms with van der Waals surface area (Å²) in [5.41, 5.74) is 2.28. The van der Waals surface area contributed by atoms with E-state index >= 15 is 0 Å². The van der Waals surface area contributed by atoms with Gasteiger partial charge in [-0.25, -0.2) is 4.98 Å². The zero-order chi connectivity index (χ0) is 22.4. The Labute approximate surface area is 184 Å². The summed E-state index contributed by atoms with van der Waals surface area (Å²) in [5.74, 6) is -1.33. The number of nitriles is 1. The predicted molar refractivity (Wildman–Crippen MR) is 118 cm³/mol. The van der Waals surface area contributed by atoms with E-state index in [0.29, 0.717) is 5.00 Å². The molecule has 3 rings (SSSR count). The number of carbonyl (C=O) groups is 3. The minimum atomic E-state index is -0.575. The van der Waals surface area contributed by atoms with E-state index in [1.54, 1.807) is 19.1 Å². The first kappa shape index (κ1) is 22.4. The van der Waals surface area contributed by atoms with Gasteiger partial charge in [0.2, 0.25) is 5.78 Å². The number of hydrogen-bond acceptors (Lipinski definition) is 8. The van der Waals surface area contributed by atoms with Crippen molar-refractivity contribution >= 4 is 39.6 Å². The molecule has 31 heavy (non-hydrogen) atoms. The number of rotatable bonds is 7. The van der Waals surface area contributed by atoms with Crippen molar-refractivity contribution in [3.8, 4) is 6.07 Å². The summed E-state index contributed by atoms with van der Waals surface area (Å²) in [4.78, 5) is 43.5. The molecular formula is C21H24N6O3S. The van der Waals surface area contributed by atoms with Gasteiger partial charge in [0, 0.05) is 46.2 Å². The fraction of sp³-hybridized carbons (Fsp3) is 0.381. The van der Waals surface area contributed by atoms with Gasteiger partial charge in [-0.1, -0.05) is 6.92 Å². The number of carbonyl (C=O) groups excluding carboxylic acids is 3. The topological polar surface area (TPSA) is 118 Å². The van der Waals surface area contributed by atoms with Crippen LogP contribution in [-0.4, -0.2) is 60.7 Å². The molecule has 1 saturated heterocycles. The zero-order valence-corrected chi connectivity index (χ0v) is 18.3. The number of nitrogens with one attached hydrogen (secondary N) is 2. The highest BCUT2D eigenvalue weighted by atomic mass is 32.1. The monoisotopic (exact) mass is 440 g/mol. The van der Waals surface area contributed by atoms with Gasteiger partial charge in [0.1, 0.15) is 11.8 Å². The molecule has 1 fully saturated rings. The minimum absolute atomic E-state index is 0.186. The van der Waals surface area contributed by atoms with Crippen LogP contribution in [0.4, 0.5) is 10.7 Å². The van der Waals surface area contributed by atoms with Crippen molar-refractivity contribution in [3.05, 3.63) is 40.5 Å². The van der Waals surface area contributed by atoms with Crippen LogP contribution in [0.25, 0.3) is 0 Å². The smallest absolute Gasteiger partial charge is 0.292 e. The molecule has 0 aromatic carbocycles. The first-order chi connectivity index (χ1) is 14.9. The van der Waals surface area contributed by atoms with Gasteiger partial charge in [-0.05, 0) is 29.1 Å². The lowest BCUT2D eigenvalue weighted by molar-refractivity contribution is -0.134. The summed E-state index contributed by atoms with van der Waals surface area (Å²) in [6.45, 7) is 5.46. The van der Waals surface area contributed by atoms with Crippen molar-refractivity contribution in [1.29, 1.82) is 5.26 Å². The lowest BCUT2D eigenvalue weighted by Gasteiger charge is -2.36. The number of anilines is 2. The molecule has 0 spiro atoms. The minimum Gasteiger partial charge on any atom is -0.367 e. The zero-order valence-electron chi connectivity index (χ0n) is 17.5. The molecule has 0 saturated carbocycles. The fourth-order valence-corrected chi connectivity index (χ4v) is 4.11. The number of amides is 2. The highest BCUT2D eigenvalue weighted by Gasteiger charge is 2.21. The Morgan fingerprint density at radius 1 is 1.23 bits per heavy atom. The van der Waals surface area contributed by atoms with Crippen molar-refractivity contribution in [2.75, 3.05) is 43.4 Å². The lowest BCUT2D eigenvalue weighted by Crippen LogP contribution is -2.46. The SMILES string of the molecule is CCC(=O)C(=O)Nc1cc(CN2CCN(c3ccc(C(=O)NC)nc3C#N)CC2)cs1. The van der Waals surface area contributed by atoms with Crippen LogP contribution in [0, 0.1) is 11.3 Å². The number of pyridine rings is 1. The molecule has 10 heteroatoms. The van der Waals surface area contributed by atoms with E-state index < -0.39 is 11.7 Å². The Hall–Kier alpha value is -3.29. The Balaban J connectivity index is 1.57. The summed E-state index contributed by atoms with van der Waals surface area (Å²) in [7, 11) is 1.53. The normalized spacial score (nSPS) is 14.0. The van der Waals surface area contributed by atoms with Crippen LogP contribution in [0.5, 0.6) is 0 Å². The molecular weight excluding hydrogens is 416 g/mol. The molecule has 2 N–H and O–H groups in total. The molecule has 0 aliphatic carbocycles. The Bertz CT molecular complexity index is 1020. The van der Waals surface area contributed by atoms with Gasteiger partial charge in [-0.2, -0.15) is 5.26 Å². The molecule has 3 heterocycles. The van der Waals surface area contributed by atoms with Gasteiger partial charge in [0.25, 0.3) is 11.8 Å². The van der Waals surface area contributed by atoms with Gasteiger partial charge in [-0.3, -0.25) is 19.3 Å². The van der Waals surface area contributed by atoms with Gasteiger partial charge in [0.15, 0.2) is 5.69 Å². The number of hydrogen-bond donors (Lipinski definition) is 2. The van der Waals surface area contributed by atoms with Crippen molar-refractivity contribution in [2.45, 2.75) is 19.9 Å². The van der Waals surface area contributed by atoms with Crippen LogP contribution in [-0.2, 0) is 16.1 Å². The van der Waals surface area contributed by atoms with Crippen molar-refractivity contribution in [1.82, 2.24) is 15.2 Å². The van der Waals surface area contributed by atoms with Crippen LogP contribution in [0.1, 0.15) is 35.1 Å². The standard InChI is InChI=1S/C21H24N6O3S/c1-3-18(28)21(30)25-19-10-14(13-31-19)12-26-6-8-27(9-7-26)17-5-4-15(20(29)23-2)24-16(17)11-22/h4-5,10,13H,3,6-9,12H2,1-2H3,(H,23,29)(H,25,30). The maximum atomic E-state index is 11.8. The molecule has 1 aliphatic heterocycles. The van der Waals surface area contributed by atoms with Crippen LogP contribution in [0.3, 0.4) is 0 Å². The highest BCUT2D eigenvalue weighted by molar-refractivity contribution is 7.14. The Morgan fingerprint density at radius 3 is 2.61 bits per heavy atom. The molecule has 2 amide bonds. The molecule has 9 nitrogen and oxygen atoms in total. The third-order valence-electron chi connectivity index (χ3n) is 5.02. The quantitative estimate of drug-likeness (QED) is 0.628. The second-order valence-electron chi connectivity index (χ2n) is 7.07. The second-order valence-corrected chi connectivity index (χ2v) is 7.98. The third-order valence-corrected chi connectivity index (χ3v) is 5.92. The average Bonchev–Trinajstić information content (AvgIpc) is 3.24. The van der Waals surface area contributed by atoms with Gasteiger partial charge < -0.3 is 15.5 Å².